The zero-order valence-electron chi connectivity index (χ0n) is 14.5. The Hall–Kier alpha value is -2.45. The predicted octanol–water partition coefficient (Wildman–Crippen LogP) is 0.890. The number of carbonyl (C=O) groups is 3. The Bertz CT molecular complexity index is 630. The van der Waals surface area contributed by atoms with Crippen LogP contribution < -0.4 is 10.2 Å². The number of hydrogen-bond donors (Lipinski definition) is 3. The zero-order valence-corrected chi connectivity index (χ0v) is 14.5. The first kappa shape index (κ1) is 19.9. The summed E-state index contributed by atoms with van der Waals surface area (Å²) in [5, 5.41) is 18.0. The molecule has 0 bridgehead atoms. The maximum absolute atomic E-state index is 12.4. The molecule has 1 atom stereocenters. The Kier molecular flexibility index (Phi) is 7.55. The van der Waals surface area contributed by atoms with Crippen molar-refractivity contribution in [1.29, 1.82) is 0 Å². The van der Waals surface area contributed by atoms with Gasteiger partial charge in [0.15, 0.2) is 0 Å². The molecule has 8 nitrogen and oxygen atoms in total. The monoisotopic (exact) mass is 364 g/mol. The molecule has 1 fully saturated rings. The van der Waals surface area contributed by atoms with Gasteiger partial charge in [-0.25, -0.2) is 9.59 Å². The zero-order chi connectivity index (χ0) is 18.9. The number of nitrogens with zero attached hydrogens (tertiary/aromatic N) is 1. The average Bonchev–Trinajstić information content (AvgIpc) is 3.15. The van der Waals surface area contributed by atoms with Crippen LogP contribution in [0.15, 0.2) is 24.3 Å². The molecule has 2 aliphatic heterocycles. The molecule has 26 heavy (non-hydrogen) atoms. The van der Waals surface area contributed by atoms with Crippen LogP contribution in [-0.2, 0) is 25.5 Å². The number of benzene rings is 1. The van der Waals surface area contributed by atoms with E-state index in [-0.39, 0.29) is 12.0 Å². The molecular formula is C18H24N2O6. The molecule has 2 aliphatic rings. The quantitative estimate of drug-likeness (QED) is 0.679. The van der Waals surface area contributed by atoms with Crippen LogP contribution in [0.1, 0.15) is 24.8 Å². The minimum Gasteiger partial charge on any atom is -0.473 e. The summed E-state index contributed by atoms with van der Waals surface area (Å²) in [5.41, 5.74) is 2.37. The number of ether oxygens (including phenoxy) is 1. The van der Waals surface area contributed by atoms with Crippen LogP contribution in [0, 0.1) is 0 Å². The van der Waals surface area contributed by atoms with Crippen molar-refractivity contribution in [3.05, 3.63) is 29.8 Å². The lowest BCUT2D eigenvalue weighted by atomic mass is 10.0. The molecular weight excluding hydrogens is 340 g/mol. The average molecular weight is 364 g/mol. The lowest BCUT2D eigenvalue weighted by Gasteiger charge is -2.29. The van der Waals surface area contributed by atoms with Crippen LogP contribution in [0.2, 0.25) is 0 Å². The number of carboxylic acid groups (broad SMARTS) is 2. The van der Waals surface area contributed by atoms with Gasteiger partial charge >= 0.3 is 11.9 Å². The molecule has 2 heterocycles. The Labute approximate surface area is 151 Å². The van der Waals surface area contributed by atoms with Crippen LogP contribution in [0.3, 0.4) is 0 Å². The molecule has 1 unspecified atom stereocenters. The smallest absolute Gasteiger partial charge is 0.414 e. The van der Waals surface area contributed by atoms with Crippen LogP contribution in [-0.4, -0.2) is 60.4 Å². The van der Waals surface area contributed by atoms with Crippen LogP contribution >= 0.6 is 0 Å². The molecule has 0 aliphatic carbocycles. The number of aliphatic carboxylic acids is 2. The number of nitrogens with one attached hydrogen (secondary N) is 1. The third kappa shape index (κ3) is 5.82. The maximum Gasteiger partial charge on any atom is 0.414 e. The van der Waals surface area contributed by atoms with E-state index in [1.54, 1.807) is 0 Å². The summed E-state index contributed by atoms with van der Waals surface area (Å²) in [4.78, 5) is 32.5. The number of carboxylic acids is 2. The van der Waals surface area contributed by atoms with Crippen molar-refractivity contribution in [1.82, 2.24) is 5.32 Å². The second kappa shape index (κ2) is 9.88. The van der Waals surface area contributed by atoms with Gasteiger partial charge < -0.3 is 25.2 Å². The highest BCUT2D eigenvalue weighted by molar-refractivity contribution is 6.27. The van der Waals surface area contributed by atoms with Gasteiger partial charge in [0.1, 0.15) is 0 Å². The molecule has 3 rings (SSSR count). The molecule has 0 aromatic heterocycles. The highest BCUT2D eigenvalue weighted by atomic mass is 16.5. The van der Waals surface area contributed by atoms with Crippen molar-refractivity contribution in [2.75, 3.05) is 31.1 Å². The SMILES string of the molecule is O=C(CNCC1CCCO1)N1CCCc2ccccc21.O=C(O)C(=O)O. The van der Waals surface area contributed by atoms with Gasteiger partial charge in [-0.05, 0) is 37.3 Å². The lowest BCUT2D eigenvalue weighted by molar-refractivity contribution is -0.159. The molecule has 142 valence electrons. The normalized spacial score (nSPS) is 18.5. The number of fused-ring (bicyclic) bond motifs is 1. The van der Waals surface area contributed by atoms with Gasteiger partial charge in [0.05, 0.1) is 12.6 Å². The summed E-state index contributed by atoms with van der Waals surface area (Å²) in [5.74, 6) is -3.49. The standard InChI is InChI=1S/C16H22N2O2.C2H2O4/c19-16(12-17-11-14-7-4-10-20-14)18-9-3-6-13-5-1-2-8-15(13)18;3-1(4)2(5)6/h1-2,5,8,14,17H,3-4,6-7,9-12H2;(H,3,4)(H,5,6). The van der Waals surface area contributed by atoms with Crippen molar-refractivity contribution in [2.24, 2.45) is 0 Å². The highest BCUT2D eigenvalue weighted by Crippen LogP contribution is 2.26. The largest absolute Gasteiger partial charge is 0.473 e. The number of hydrogen-bond acceptors (Lipinski definition) is 5. The molecule has 0 spiro atoms. The highest BCUT2D eigenvalue weighted by Gasteiger charge is 2.22. The number of anilines is 1. The van der Waals surface area contributed by atoms with Gasteiger partial charge in [0.25, 0.3) is 0 Å². The topological polar surface area (TPSA) is 116 Å². The number of amides is 1. The molecule has 1 aromatic carbocycles. The fraction of sp³-hybridized carbons (Fsp3) is 0.500. The third-order valence-corrected chi connectivity index (χ3v) is 4.27. The summed E-state index contributed by atoms with van der Waals surface area (Å²) in [6.45, 7) is 2.87. The summed E-state index contributed by atoms with van der Waals surface area (Å²) in [6, 6.07) is 8.22. The fourth-order valence-corrected chi connectivity index (χ4v) is 3.03. The van der Waals surface area contributed by atoms with E-state index < -0.39 is 11.9 Å². The van der Waals surface area contributed by atoms with Crippen molar-refractivity contribution in [3.63, 3.8) is 0 Å². The van der Waals surface area contributed by atoms with Crippen LogP contribution in [0.4, 0.5) is 5.69 Å². The molecule has 1 aromatic rings. The van der Waals surface area contributed by atoms with E-state index in [2.05, 4.69) is 11.4 Å². The number of carbonyl (C=O) groups excluding carboxylic acids is 1. The Morgan fingerprint density at radius 2 is 1.88 bits per heavy atom. The van der Waals surface area contributed by atoms with Gasteiger partial charge in [0, 0.05) is 25.4 Å². The molecule has 0 radical (unpaired) electrons. The summed E-state index contributed by atoms with van der Waals surface area (Å²) >= 11 is 0. The molecule has 3 N–H and O–H groups in total. The minimum atomic E-state index is -1.82. The first-order valence-electron chi connectivity index (χ1n) is 8.66. The number of aryl methyl sites for hydroxylation is 1. The predicted molar refractivity (Wildman–Crippen MR) is 94.2 cm³/mol. The fourth-order valence-electron chi connectivity index (χ4n) is 3.03. The van der Waals surface area contributed by atoms with E-state index in [1.165, 1.54) is 5.56 Å². The minimum absolute atomic E-state index is 0.162. The van der Waals surface area contributed by atoms with Crippen molar-refractivity contribution in [3.8, 4) is 0 Å². The van der Waals surface area contributed by atoms with E-state index in [9.17, 15) is 4.79 Å². The first-order chi connectivity index (χ1) is 12.5. The van der Waals surface area contributed by atoms with Crippen LogP contribution in [0.25, 0.3) is 0 Å². The Morgan fingerprint density at radius 3 is 2.54 bits per heavy atom. The second-order valence-electron chi connectivity index (χ2n) is 6.15. The summed E-state index contributed by atoms with van der Waals surface area (Å²) < 4.78 is 5.55. The molecule has 8 heteroatoms. The van der Waals surface area contributed by atoms with E-state index >= 15 is 0 Å². The van der Waals surface area contributed by atoms with Gasteiger partial charge in [-0.3, -0.25) is 4.79 Å². The lowest BCUT2D eigenvalue weighted by Crippen LogP contribution is -2.42. The van der Waals surface area contributed by atoms with Gasteiger partial charge in [0.2, 0.25) is 5.91 Å². The number of para-hydroxylation sites is 1. The van der Waals surface area contributed by atoms with Crippen molar-refractivity contribution >= 4 is 23.5 Å². The second-order valence-corrected chi connectivity index (χ2v) is 6.15. The molecule has 1 saturated heterocycles. The molecule has 0 saturated carbocycles. The van der Waals surface area contributed by atoms with E-state index in [1.807, 2.05) is 23.1 Å². The Morgan fingerprint density at radius 1 is 1.15 bits per heavy atom. The van der Waals surface area contributed by atoms with E-state index in [4.69, 9.17) is 24.5 Å². The van der Waals surface area contributed by atoms with E-state index in [0.717, 1.165) is 51.1 Å². The third-order valence-electron chi connectivity index (χ3n) is 4.27. The van der Waals surface area contributed by atoms with Gasteiger partial charge in [-0.15, -0.1) is 0 Å². The number of rotatable bonds is 4. The Balaban J connectivity index is 0.000000352. The summed E-state index contributed by atoms with van der Waals surface area (Å²) in [7, 11) is 0. The summed E-state index contributed by atoms with van der Waals surface area (Å²) in [6.07, 6.45) is 4.65. The van der Waals surface area contributed by atoms with Gasteiger partial charge in [-0.2, -0.15) is 0 Å². The van der Waals surface area contributed by atoms with E-state index in [0.29, 0.717) is 6.54 Å². The molecule has 1 amide bonds. The van der Waals surface area contributed by atoms with Crippen molar-refractivity contribution in [2.45, 2.75) is 31.8 Å². The maximum atomic E-state index is 12.4. The van der Waals surface area contributed by atoms with Crippen LogP contribution in [0.5, 0.6) is 0 Å². The first-order valence-corrected chi connectivity index (χ1v) is 8.66. The van der Waals surface area contributed by atoms with Crippen molar-refractivity contribution < 1.29 is 29.3 Å². The van der Waals surface area contributed by atoms with Gasteiger partial charge in [-0.1, -0.05) is 18.2 Å².